The third-order valence-electron chi connectivity index (χ3n) is 2.06. The van der Waals surface area contributed by atoms with Crippen LogP contribution in [0.1, 0.15) is 27.2 Å². The lowest BCUT2D eigenvalue weighted by Gasteiger charge is -2.23. The molecule has 0 aromatic rings. The number of likely N-dealkylation sites (N-methyl/N-ethyl adjacent to an activating group) is 1. The van der Waals surface area contributed by atoms with E-state index in [0.29, 0.717) is 18.9 Å². The van der Waals surface area contributed by atoms with Gasteiger partial charge in [0.15, 0.2) is 0 Å². The van der Waals surface area contributed by atoms with Crippen LogP contribution in [0.3, 0.4) is 0 Å². The molecule has 0 saturated heterocycles. The maximum absolute atomic E-state index is 11.7. The van der Waals surface area contributed by atoms with E-state index in [1.807, 2.05) is 13.8 Å². The van der Waals surface area contributed by atoms with Crippen LogP contribution in [-0.2, 0) is 9.59 Å². The first kappa shape index (κ1) is 13.9. The molecule has 15 heavy (non-hydrogen) atoms. The first-order valence-corrected chi connectivity index (χ1v) is 5.14. The Bertz CT molecular complexity index is 229. The van der Waals surface area contributed by atoms with Crippen molar-refractivity contribution < 1.29 is 14.7 Å². The van der Waals surface area contributed by atoms with E-state index in [-0.39, 0.29) is 12.5 Å². The van der Waals surface area contributed by atoms with Gasteiger partial charge in [0.25, 0.3) is 0 Å². The molecule has 88 valence electrons. The van der Waals surface area contributed by atoms with Crippen LogP contribution in [0.2, 0.25) is 0 Å². The molecule has 3 N–H and O–H groups in total. The zero-order valence-electron chi connectivity index (χ0n) is 9.56. The Morgan fingerprint density at radius 1 is 1.40 bits per heavy atom. The number of hydrogen-bond donors (Lipinski definition) is 2. The Kier molecular flexibility index (Phi) is 5.93. The quantitative estimate of drug-likeness (QED) is 0.668. The molecule has 0 saturated carbocycles. The van der Waals surface area contributed by atoms with Gasteiger partial charge < -0.3 is 15.7 Å². The minimum atomic E-state index is -1.01. The van der Waals surface area contributed by atoms with E-state index in [4.69, 9.17) is 10.8 Å². The number of carbonyl (C=O) groups is 2. The fourth-order valence-electron chi connectivity index (χ4n) is 1.35. The lowest BCUT2D eigenvalue weighted by molar-refractivity contribution is -0.145. The Morgan fingerprint density at radius 3 is 2.27 bits per heavy atom. The lowest BCUT2D eigenvalue weighted by atomic mass is 10.0. The summed E-state index contributed by atoms with van der Waals surface area (Å²) in [7, 11) is 0. The maximum atomic E-state index is 11.7. The summed E-state index contributed by atoms with van der Waals surface area (Å²) in [5.74, 6) is -0.969. The van der Waals surface area contributed by atoms with Gasteiger partial charge in [-0.15, -0.1) is 0 Å². The number of nitrogens with two attached hydrogens (primary N) is 1. The van der Waals surface area contributed by atoms with Gasteiger partial charge in [0, 0.05) is 6.54 Å². The van der Waals surface area contributed by atoms with E-state index in [2.05, 4.69) is 0 Å². The predicted molar refractivity (Wildman–Crippen MR) is 57.3 cm³/mol. The molecule has 0 aliphatic heterocycles. The van der Waals surface area contributed by atoms with Gasteiger partial charge in [0.2, 0.25) is 5.91 Å². The van der Waals surface area contributed by atoms with Crippen LogP contribution >= 0.6 is 0 Å². The molecular weight excluding hydrogens is 196 g/mol. The summed E-state index contributed by atoms with van der Waals surface area (Å²) in [5.41, 5.74) is 5.69. The average molecular weight is 216 g/mol. The standard InChI is InChI=1S/C10H20N2O3/c1-4-12(6-9(13)14)10(15)8(11)5-7(2)3/h7-8H,4-6,11H2,1-3H3,(H,13,14). The number of aliphatic carboxylic acids is 1. The van der Waals surface area contributed by atoms with Gasteiger partial charge in [0.1, 0.15) is 6.54 Å². The molecule has 0 aromatic carbocycles. The van der Waals surface area contributed by atoms with Crippen molar-refractivity contribution in [1.29, 1.82) is 0 Å². The monoisotopic (exact) mass is 216 g/mol. The van der Waals surface area contributed by atoms with Crippen molar-refractivity contribution in [2.24, 2.45) is 11.7 Å². The topological polar surface area (TPSA) is 83.6 Å². The first-order valence-electron chi connectivity index (χ1n) is 5.14. The van der Waals surface area contributed by atoms with Crippen molar-refractivity contribution in [1.82, 2.24) is 4.90 Å². The second-order valence-corrected chi connectivity index (χ2v) is 3.98. The Labute approximate surface area is 90.2 Å². The van der Waals surface area contributed by atoms with Gasteiger partial charge in [-0.05, 0) is 19.3 Å². The van der Waals surface area contributed by atoms with Crippen molar-refractivity contribution in [2.45, 2.75) is 33.2 Å². The number of rotatable bonds is 6. The largest absolute Gasteiger partial charge is 0.480 e. The van der Waals surface area contributed by atoms with Crippen molar-refractivity contribution in [2.75, 3.05) is 13.1 Å². The minimum absolute atomic E-state index is 0.277. The highest BCUT2D eigenvalue weighted by molar-refractivity contribution is 5.85. The molecule has 0 aliphatic rings. The Hall–Kier alpha value is -1.10. The normalized spacial score (nSPS) is 12.6. The fraction of sp³-hybridized carbons (Fsp3) is 0.800. The number of carboxylic acids is 1. The van der Waals surface area contributed by atoms with Crippen LogP contribution in [0.25, 0.3) is 0 Å². The molecule has 1 atom stereocenters. The summed E-state index contributed by atoms with van der Waals surface area (Å²) in [4.78, 5) is 23.4. The van der Waals surface area contributed by atoms with Crippen LogP contribution in [0.15, 0.2) is 0 Å². The Balaban J connectivity index is 4.30. The van der Waals surface area contributed by atoms with Gasteiger partial charge in [-0.25, -0.2) is 0 Å². The summed E-state index contributed by atoms with van der Waals surface area (Å²) in [6.45, 7) is 5.78. The second kappa shape index (κ2) is 6.40. The highest BCUT2D eigenvalue weighted by atomic mass is 16.4. The number of carboxylic acid groups (broad SMARTS) is 1. The first-order chi connectivity index (χ1) is 6.88. The molecule has 0 fully saturated rings. The van der Waals surface area contributed by atoms with Crippen LogP contribution < -0.4 is 5.73 Å². The number of nitrogens with zero attached hydrogens (tertiary/aromatic N) is 1. The average Bonchev–Trinajstić information content (AvgIpc) is 2.11. The summed E-state index contributed by atoms with van der Waals surface area (Å²) < 4.78 is 0. The zero-order chi connectivity index (χ0) is 12.0. The van der Waals surface area contributed by atoms with E-state index in [9.17, 15) is 9.59 Å². The predicted octanol–water partition coefficient (Wildman–Crippen LogP) is 0.293. The molecule has 1 unspecified atom stereocenters. The molecule has 0 heterocycles. The van der Waals surface area contributed by atoms with Gasteiger partial charge >= 0.3 is 5.97 Å². The highest BCUT2D eigenvalue weighted by Gasteiger charge is 2.22. The van der Waals surface area contributed by atoms with Crippen molar-refractivity contribution in [3.8, 4) is 0 Å². The van der Waals surface area contributed by atoms with Crippen LogP contribution in [0.5, 0.6) is 0 Å². The van der Waals surface area contributed by atoms with E-state index in [0.717, 1.165) is 0 Å². The lowest BCUT2D eigenvalue weighted by Crippen LogP contribution is -2.46. The van der Waals surface area contributed by atoms with Gasteiger partial charge in [-0.3, -0.25) is 9.59 Å². The van der Waals surface area contributed by atoms with E-state index in [1.165, 1.54) is 4.90 Å². The second-order valence-electron chi connectivity index (χ2n) is 3.98. The SMILES string of the molecule is CCN(CC(=O)O)C(=O)C(N)CC(C)C. The van der Waals surface area contributed by atoms with Crippen molar-refractivity contribution >= 4 is 11.9 Å². The molecule has 0 aromatic heterocycles. The third-order valence-corrected chi connectivity index (χ3v) is 2.06. The molecule has 0 aliphatic carbocycles. The number of hydrogen-bond acceptors (Lipinski definition) is 3. The maximum Gasteiger partial charge on any atom is 0.323 e. The van der Waals surface area contributed by atoms with E-state index in [1.54, 1.807) is 6.92 Å². The molecule has 0 spiro atoms. The molecule has 5 nitrogen and oxygen atoms in total. The highest BCUT2D eigenvalue weighted by Crippen LogP contribution is 2.05. The van der Waals surface area contributed by atoms with E-state index >= 15 is 0 Å². The zero-order valence-corrected chi connectivity index (χ0v) is 9.56. The molecule has 0 bridgehead atoms. The molecule has 5 heteroatoms. The van der Waals surface area contributed by atoms with Gasteiger partial charge in [-0.2, -0.15) is 0 Å². The third kappa shape index (κ3) is 5.37. The van der Waals surface area contributed by atoms with Crippen molar-refractivity contribution in [3.05, 3.63) is 0 Å². The number of carbonyl (C=O) groups excluding carboxylic acids is 1. The Morgan fingerprint density at radius 2 is 1.93 bits per heavy atom. The molecule has 0 radical (unpaired) electrons. The van der Waals surface area contributed by atoms with Gasteiger partial charge in [-0.1, -0.05) is 13.8 Å². The molecule has 1 amide bonds. The summed E-state index contributed by atoms with van der Waals surface area (Å²) >= 11 is 0. The van der Waals surface area contributed by atoms with E-state index < -0.39 is 12.0 Å². The fourth-order valence-corrected chi connectivity index (χ4v) is 1.35. The summed E-state index contributed by atoms with van der Waals surface area (Å²) in [5, 5.41) is 8.59. The van der Waals surface area contributed by atoms with Crippen LogP contribution in [-0.4, -0.2) is 41.0 Å². The van der Waals surface area contributed by atoms with Crippen LogP contribution in [0, 0.1) is 5.92 Å². The smallest absolute Gasteiger partial charge is 0.323 e. The summed E-state index contributed by atoms with van der Waals surface area (Å²) in [6.07, 6.45) is 0.578. The molecular formula is C10H20N2O3. The summed E-state index contributed by atoms with van der Waals surface area (Å²) in [6, 6.07) is -0.593. The minimum Gasteiger partial charge on any atom is -0.480 e. The molecule has 0 rings (SSSR count). The van der Waals surface area contributed by atoms with Crippen LogP contribution in [0.4, 0.5) is 0 Å². The van der Waals surface area contributed by atoms with Crippen molar-refractivity contribution in [3.63, 3.8) is 0 Å². The number of amides is 1. The van der Waals surface area contributed by atoms with Gasteiger partial charge in [0.05, 0.1) is 6.04 Å².